The molecular formula is C16H18N2O2. The Hall–Kier alpha value is -2.49. The van der Waals surface area contributed by atoms with Crippen LogP contribution >= 0.6 is 0 Å². The van der Waals surface area contributed by atoms with Crippen molar-refractivity contribution in [2.45, 2.75) is 13.5 Å². The molecule has 2 aromatic carbocycles. The molecule has 3 N–H and O–H groups in total. The summed E-state index contributed by atoms with van der Waals surface area (Å²) < 4.78 is 5.25. The number of amides is 1. The van der Waals surface area contributed by atoms with Gasteiger partial charge in [-0.15, -0.1) is 0 Å². The van der Waals surface area contributed by atoms with Gasteiger partial charge in [-0.05, 0) is 36.8 Å². The predicted octanol–water partition coefficient (Wildman–Crippen LogP) is 2.52. The Morgan fingerprint density at radius 2 is 2.00 bits per heavy atom. The monoisotopic (exact) mass is 270 g/mol. The summed E-state index contributed by atoms with van der Waals surface area (Å²) >= 11 is 0. The first-order valence-corrected chi connectivity index (χ1v) is 6.38. The van der Waals surface area contributed by atoms with Gasteiger partial charge in [-0.2, -0.15) is 0 Å². The maximum Gasteiger partial charge on any atom is 0.251 e. The number of anilines is 1. The highest BCUT2D eigenvalue weighted by Gasteiger charge is 2.10. The fraction of sp³-hybridized carbons (Fsp3) is 0.188. The minimum absolute atomic E-state index is 0.117. The predicted molar refractivity (Wildman–Crippen MR) is 79.8 cm³/mol. The first kappa shape index (κ1) is 13.9. The van der Waals surface area contributed by atoms with Gasteiger partial charge in [0, 0.05) is 23.4 Å². The highest BCUT2D eigenvalue weighted by atomic mass is 16.5. The standard InChI is InChI=1S/C16H18N2O2/c1-11-9-13(17)7-8-14(11)16(19)18-10-12-5-3-4-6-15(12)20-2/h3-9H,10,17H2,1-2H3,(H,18,19). The fourth-order valence-corrected chi connectivity index (χ4v) is 2.06. The Morgan fingerprint density at radius 1 is 1.25 bits per heavy atom. The zero-order chi connectivity index (χ0) is 14.5. The number of nitrogens with two attached hydrogens (primary N) is 1. The number of hydrogen-bond acceptors (Lipinski definition) is 3. The van der Waals surface area contributed by atoms with E-state index in [9.17, 15) is 4.79 Å². The van der Waals surface area contributed by atoms with E-state index in [2.05, 4.69) is 5.32 Å². The molecular weight excluding hydrogens is 252 g/mol. The summed E-state index contributed by atoms with van der Waals surface area (Å²) in [7, 11) is 1.62. The number of hydrogen-bond donors (Lipinski definition) is 2. The van der Waals surface area contributed by atoms with Crippen LogP contribution < -0.4 is 15.8 Å². The Balaban J connectivity index is 2.09. The van der Waals surface area contributed by atoms with Crippen LogP contribution in [0.5, 0.6) is 5.75 Å². The van der Waals surface area contributed by atoms with E-state index in [0.717, 1.165) is 16.9 Å². The summed E-state index contributed by atoms with van der Waals surface area (Å²) in [5, 5.41) is 2.89. The molecule has 0 atom stereocenters. The molecule has 0 aliphatic heterocycles. The lowest BCUT2D eigenvalue weighted by Gasteiger charge is -2.11. The van der Waals surface area contributed by atoms with Crippen molar-refractivity contribution >= 4 is 11.6 Å². The lowest BCUT2D eigenvalue weighted by molar-refractivity contribution is 0.0950. The number of carbonyl (C=O) groups excluding carboxylic acids is 1. The summed E-state index contributed by atoms with van der Waals surface area (Å²) in [4.78, 5) is 12.2. The van der Waals surface area contributed by atoms with Crippen LogP contribution in [0, 0.1) is 6.92 Å². The summed E-state index contributed by atoms with van der Waals surface area (Å²) in [6.45, 7) is 2.29. The molecule has 2 rings (SSSR count). The average Bonchev–Trinajstić information content (AvgIpc) is 2.45. The second kappa shape index (κ2) is 6.10. The Labute approximate surface area is 118 Å². The van der Waals surface area contributed by atoms with Gasteiger partial charge in [-0.25, -0.2) is 0 Å². The molecule has 0 spiro atoms. The number of nitrogen functional groups attached to an aromatic ring is 1. The molecule has 0 saturated carbocycles. The molecule has 20 heavy (non-hydrogen) atoms. The molecule has 0 unspecified atom stereocenters. The number of ether oxygens (including phenoxy) is 1. The normalized spacial score (nSPS) is 10.1. The molecule has 0 aliphatic rings. The van der Waals surface area contributed by atoms with Crippen molar-refractivity contribution in [2.75, 3.05) is 12.8 Å². The lowest BCUT2D eigenvalue weighted by atomic mass is 10.1. The third kappa shape index (κ3) is 3.09. The van der Waals surface area contributed by atoms with E-state index >= 15 is 0 Å². The quantitative estimate of drug-likeness (QED) is 0.839. The van der Waals surface area contributed by atoms with Gasteiger partial charge in [0.25, 0.3) is 5.91 Å². The van der Waals surface area contributed by atoms with Crippen molar-refractivity contribution < 1.29 is 9.53 Å². The van der Waals surface area contributed by atoms with Crippen LogP contribution in [-0.4, -0.2) is 13.0 Å². The molecule has 0 aliphatic carbocycles. The third-order valence-corrected chi connectivity index (χ3v) is 3.13. The Morgan fingerprint density at radius 3 is 2.70 bits per heavy atom. The number of rotatable bonds is 4. The molecule has 0 aromatic heterocycles. The molecule has 1 amide bonds. The van der Waals surface area contributed by atoms with Crippen LogP contribution in [0.4, 0.5) is 5.69 Å². The highest BCUT2D eigenvalue weighted by molar-refractivity contribution is 5.96. The molecule has 4 heteroatoms. The minimum atomic E-state index is -0.117. The summed E-state index contributed by atoms with van der Waals surface area (Å²) in [5.41, 5.74) is 8.78. The van der Waals surface area contributed by atoms with Gasteiger partial charge in [0.1, 0.15) is 5.75 Å². The van der Waals surface area contributed by atoms with Crippen LogP contribution in [-0.2, 0) is 6.54 Å². The SMILES string of the molecule is COc1ccccc1CNC(=O)c1ccc(N)cc1C. The van der Waals surface area contributed by atoms with Crippen molar-refractivity contribution in [1.29, 1.82) is 0 Å². The van der Waals surface area contributed by atoms with Gasteiger partial charge in [-0.1, -0.05) is 18.2 Å². The molecule has 4 nitrogen and oxygen atoms in total. The fourth-order valence-electron chi connectivity index (χ4n) is 2.06. The van der Waals surface area contributed by atoms with Crippen LogP contribution in [0.2, 0.25) is 0 Å². The first-order chi connectivity index (χ1) is 9.61. The zero-order valence-corrected chi connectivity index (χ0v) is 11.6. The number of carbonyl (C=O) groups is 1. The molecule has 104 valence electrons. The number of nitrogens with one attached hydrogen (secondary N) is 1. The number of benzene rings is 2. The summed E-state index contributed by atoms with van der Waals surface area (Å²) in [6.07, 6.45) is 0. The smallest absolute Gasteiger partial charge is 0.251 e. The topological polar surface area (TPSA) is 64.3 Å². The molecule has 0 heterocycles. The maximum atomic E-state index is 12.2. The average molecular weight is 270 g/mol. The molecule has 2 aromatic rings. The van der Waals surface area contributed by atoms with Crippen molar-refractivity contribution in [3.8, 4) is 5.75 Å². The second-order valence-electron chi connectivity index (χ2n) is 4.57. The van der Waals surface area contributed by atoms with Crippen LogP contribution in [0.1, 0.15) is 21.5 Å². The van der Waals surface area contributed by atoms with Gasteiger partial charge in [0.2, 0.25) is 0 Å². The summed E-state index contributed by atoms with van der Waals surface area (Å²) in [6, 6.07) is 12.9. The van der Waals surface area contributed by atoms with E-state index in [4.69, 9.17) is 10.5 Å². The van der Waals surface area contributed by atoms with Crippen molar-refractivity contribution in [3.05, 3.63) is 59.2 Å². The molecule has 0 saturated heterocycles. The first-order valence-electron chi connectivity index (χ1n) is 6.38. The van der Waals surface area contributed by atoms with Gasteiger partial charge in [0.15, 0.2) is 0 Å². The maximum absolute atomic E-state index is 12.2. The van der Waals surface area contributed by atoms with Gasteiger partial charge >= 0.3 is 0 Å². The van der Waals surface area contributed by atoms with Gasteiger partial charge in [0.05, 0.1) is 7.11 Å². The van der Waals surface area contributed by atoms with E-state index in [1.165, 1.54) is 0 Å². The number of methoxy groups -OCH3 is 1. The summed E-state index contributed by atoms with van der Waals surface area (Å²) in [5.74, 6) is 0.648. The Kier molecular flexibility index (Phi) is 4.25. The zero-order valence-electron chi connectivity index (χ0n) is 11.6. The van der Waals surface area contributed by atoms with E-state index in [-0.39, 0.29) is 5.91 Å². The van der Waals surface area contributed by atoms with E-state index < -0.39 is 0 Å². The lowest BCUT2D eigenvalue weighted by Crippen LogP contribution is -2.23. The van der Waals surface area contributed by atoms with Crippen molar-refractivity contribution in [1.82, 2.24) is 5.32 Å². The van der Waals surface area contributed by atoms with Gasteiger partial charge < -0.3 is 15.8 Å². The second-order valence-corrected chi connectivity index (χ2v) is 4.57. The molecule has 0 radical (unpaired) electrons. The van der Waals surface area contributed by atoms with Crippen molar-refractivity contribution in [2.24, 2.45) is 0 Å². The minimum Gasteiger partial charge on any atom is -0.496 e. The largest absolute Gasteiger partial charge is 0.496 e. The van der Waals surface area contributed by atoms with Crippen LogP contribution in [0.15, 0.2) is 42.5 Å². The van der Waals surface area contributed by atoms with E-state index in [1.807, 2.05) is 31.2 Å². The number of aryl methyl sites for hydroxylation is 1. The number of para-hydroxylation sites is 1. The van der Waals surface area contributed by atoms with E-state index in [0.29, 0.717) is 17.8 Å². The van der Waals surface area contributed by atoms with Crippen molar-refractivity contribution in [3.63, 3.8) is 0 Å². The highest BCUT2D eigenvalue weighted by Crippen LogP contribution is 2.17. The van der Waals surface area contributed by atoms with E-state index in [1.54, 1.807) is 25.3 Å². The van der Waals surface area contributed by atoms with Crippen LogP contribution in [0.25, 0.3) is 0 Å². The third-order valence-electron chi connectivity index (χ3n) is 3.13. The van der Waals surface area contributed by atoms with Crippen LogP contribution in [0.3, 0.4) is 0 Å². The molecule has 0 fully saturated rings. The van der Waals surface area contributed by atoms with Gasteiger partial charge in [-0.3, -0.25) is 4.79 Å². The molecule has 0 bridgehead atoms. The Bertz CT molecular complexity index is 624.